The molecule has 2 aromatic rings. The first kappa shape index (κ1) is 27.1. The van der Waals surface area contributed by atoms with Gasteiger partial charge in [-0.15, -0.1) is 5.10 Å². The zero-order chi connectivity index (χ0) is 25.6. The summed E-state index contributed by atoms with van der Waals surface area (Å²) in [4.78, 5) is 16.5. The number of hydrogen-bond acceptors (Lipinski definition) is 6. The van der Waals surface area contributed by atoms with Crippen LogP contribution in [0, 0.1) is 5.92 Å². The SMILES string of the molecule is C[C@@H]1CN([C@H](C)CO)C(=O)CCCn2cc(nn2)CO[C@@H]1CN(C)Cc1cccc(C(F)(F)F)c1. The Bertz CT molecular complexity index is 968. The van der Waals surface area contributed by atoms with Gasteiger partial charge in [0.15, 0.2) is 0 Å². The molecule has 11 heteroatoms. The molecule has 3 atom stereocenters. The summed E-state index contributed by atoms with van der Waals surface area (Å²) in [5.74, 6) is -0.151. The van der Waals surface area contributed by atoms with E-state index in [2.05, 4.69) is 10.3 Å². The van der Waals surface area contributed by atoms with Crippen LogP contribution in [0.15, 0.2) is 30.5 Å². The highest BCUT2D eigenvalue weighted by Gasteiger charge is 2.31. The van der Waals surface area contributed by atoms with Gasteiger partial charge in [0.05, 0.1) is 37.1 Å². The molecule has 1 N–H and O–H groups in total. The largest absolute Gasteiger partial charge is 0.416 e. The molecular weight excluding hydrogens is 463 g/mol. The molecule has 0 spiro atoms. The van der Waals surface area contributed by atoms with E-state index in [-0.39, 0.29) is 37.2 Å². The van der Waals surface area contributed by atoms with Crippen molar-refractivity contribution in [3.8, 4) is 0 Å². The maximum Gasteiger partial charge on any atom is 0.416 e. The maximum absolute atomic E-state index is 13.1. The molecule has 0 unspecified atom stereocenters. The fraction of sp³-hybridized carbons (Fsp3) is 0.625. The van der Waals surface area contributed by atoms with E-state index in [4.69, 9.17) is 4.74 Å². The highest BCUT2D eigenvalue weighted by atomic mass is 19.4. The van der Waals surface area contributed by atoms with Crippen molar-refractivity contribution in [2.45, 2.75) is 64.7 Å². The van der Waals surface area contributed by atoms with Crippen molar-refractivity contribution in [3.05, 3.63) is 47.3 Å². The van der Waals surface area contributed by atoms with E-state index >= 15 is 0 Å². The highest BCUT2D eigenvalue weighted by Crippen LogP contribution is 2.29. The van der Waals surface area contributed by atoms with Crippen molar-refractivity contribution in [1.29, 1.82) is 0 Å². The summed E-state index contributed by atoms with van der Waals surface area (Å²) >= 11 is 0. The lowest BCUT2D eigenvalue weighted by Gasteiger charge is -2.35. The molecule has 194 valence electrons. The number of aromatic nitrogens is 3. The second-order valence-electron chi connectivity index (χ2n) is 9.38. The number of fused-ring (bicyclic) bond motifs is 2. The van der Waals surface area contributed by atoms with Crippen LogP contribution in [0.1, 0.15) is 43.5 Å². The van der Waals surface area contributed by atoms with E-state index in [1.807, 2.05) is 25.8 Å². The van der Waals surface area contributed by atoms with Gasteiger partial charge in [-0.3, -0.25) is 14.4 Å². The van der Waals surface area contributed by atoms with E-state index in [1.54, 1.807) is 21.8 Å². The molecule has 1 aliphatic rings. The Labute approximate surface area is 203 Å². The summed E-state index contributed by atoms with van der Waals surface area (Å²) in [5, 5.41) is 17.9. The number of hydrogen-bond donors (Lipinski definition) is 1. The molecule has 2 bridgehead atoms. The quantitative estimate of drug-likeness (QED) is 0.661. The van der Waals surface area contributed by atoms with Gasteiger partial charge in [-0.2, -0.15) is 13.2 Å². The monoisotopic (exact) mass is 497 g/mol. The average molecular weight is 498 g/mol. The average Bonchev–Trinajstić information content (AvgIpc) is 3.26. The lowest BCUT2D eigenvalue weighted by molar-refractivity contribution is -0.138. The van der Waals surface area contributed by atoms with Gasteiger partial charge in [0.1, 0.15) is 5.69 Å². The fourth-order valence-corrected chi connectivity index (χ4v) is 4.22. The summed E-state index contributed by atoms with van der Waals surface area (Å²) in [7, 11) is 1.83. The van der Waals surface area contributed by atoms with E-state index < -0.39 is 11.7 Å². The number of benzene rings is 1. The van der Waals surface area contributed by atoms with E-state index in [0.717, 1.165) is 12.1 Å². The predicted molar refractivity (Wildman–Crippen MR) is 123 cm³/mol. The smallest absolute Gasteiger partial charge is 0.394 e. The normalized spacial score (nSPS) is 21.4. The van der Waals surface area contributed by atoms with Crippen LogP contribution in [-0.2, 0) is 35.4 Å². The molecule has 1 aromatic heterocycles. The molecule has 1 aromatic carbocycles. The van der Waals surface area contributed by atoms with Crippen LogP contribution >= 0.6 is 0 Å². The lowest BCUT2D eigenvalue weighted by atomic mass is 10.0. The Balaban J connectivity index is 1.76. The first-order valence-electron chi connectivity index (χ1n) is 11.8. The van der Waals surface area contributed by atoms with Crippen LogP contribution in [0.2, 0.25) is 0 Å². The standard InChI is InChI=1S/C24H34F3N5O3/c1-17-11-32(18(2)15-33)23(34)8-5-9-31-13-21(28-29-31)16-35-22(17)14-30(3)12-19-6-4-7-20(10-19)24(25,26)27/h4,6-7,10,13,17-18,22,33H,5,8-9,11-12,14-16H2,1-3H3/t17-,18-,22-/m1/s1. The fourth-order valence-electron chi connectivity index (χ4n) is 4.22. The van der Waals surface area contributed by atoms with E-state index in [9.17, 15) is 23.1 Å². The zero-order valence-electron chi connectivity index (χ0n) is 20.4. The molecule has 0 fully saturated rings. The topological polar surface area (TPSA) is 83.7 Å². The minimum atomic E-state index is -4.39. The minimum absolute atomic E-state index is 0.0472. The van der Waals surface area contributed by atoms with Crippen molar-refractivity contribution < 1.29 is 27.8 Å². The van der Waals surface area contributed by atoms with Crippen LogP contribution in [0.5, 0.6) is 0 Å². The molecule has 1 amide bonds. The third-order valence-corrected chi connectivity index (χ3v) is 6.24. The lowest BCUT2D eigenvalue weighted by Crippen LogP contribution is -2.47. The second-order valence-corrected chi connectivity index (χ2v) is 9.38. The number of aliphatic hydroxyl groups excluding tert-OH is 1. The van der Waals surface area contributed by atoms with Gasteiger partial charge >= 0.3 is 6.18 Å². The van der Waals surface area contributed by atoms with Crippen molar-refractivity contribution in [2.24, 2.45) is 5.92 Å². The van der Waals surface area contributed by atoms with Crippen molar-refractivity contribution in [1.82, 2.24) is 24.8 Å². The Morgan fingerprint density at radius 2 is 2.11 bits per heavy atom. The summed E-state index contributed by atoms with van der Waals surface area (Å²) in [6.45, 7) is 5.56. The zero-order valence-corrected chi connectivity index (χ0v) is 20.4. The molecule has 0 saturated carbocycles. The predicted octanol–water partition coefficient (Wildman–Crippen LogP) is 2.95. The van der Waals surface area contributed by atoms with Crippen LogP contribution in [-0.4, -0.2) is 74.7 Å². The highest BCUT2D eigenvalue weighted by molar-refractivity contribution is 5.76. The molecule has 0 aliphatic carbocycles. The van der Waals surface area contributed by atoms with Gasteiger partial charge < -0.3 is 14.7 Å². The van der Waals surface area contributed by atoms with Gasteiger partial charge in [-0.05, 0) is 32.0 Å². The van der Waals surface area contributed by atoms with Gasteiger partial charge in [0, 0.05) is 38.5 Å². The van der Waals surface area contributed by atoms with E-state index in [1.165, 1.54) is 6.07 Å². The molecule has 0 radical (unpaired) electrons. The van der Waals surface area contributed by atoms with Crippen LogP contribution in [0.3, 0.4) is 0 Å². The molecule has 1 aliphatic heterocycles. The summed E-state index contributed by atoms with van der Waals surface area (Å²) in [6.07, 6.45) is -2.00. The summed E-state index contributed by atoms with van der Waals surface area (Å²) in [6, 6.07) is 4.96. The number of ether oxygens (including phenoxy) is 1. The Morgan fingerprint density at radius 1 is 1.34 bits per heavy atom. The first-order chi connectivity index (χ1) is 16.6. The molecule has 2 heterocycles. The third-order valence-electron chi connectivity index (χ3n) is 6.24. The van der Waals surface area contributed by atoms with Gasteiger partial charge in [0.2, 0.25) is 5.91 Å². The number of amides is 1. The van der Waals surface area contributed by atoms with Crippen LogP contribution in [0.25, 0.3) is 0 Å². The van der Waals surface area contributed by atoms with Crippen LogP contribution in [0.4, 0.5) is 13.2 Å². The third kappa shape index (κ3) is 7.74. The molecular formula is C24H34F3N5O3. The molecule has 8 nitrogen and oxygen atoms in total. The Morgan fingerprint density at radius 3 is 2.83 bits per heavy atom. The summed E-state index contributed by atoms with van der Waals surface area (Å²) in [5.41, 5.74) is 0.549. The molecule has 0 saturated heterocycles. The Hall–Kier alpha value is -2.50. The van der Waals surface area contributed by atoms with Crippen molar-refractivity contribution in [2.75, 3.05) is 26.7 Å². The van der Waals surface area contributed by atoms with Crippen molar-refractivity contribution >= 4 is 5.91 Å². The number of halogens is 3. The minimum Gasteiger partial charge on any atom is -0.394 e. The number of likely N-dealkylation sites (N-methyl/N-ethyl adjacent to an activating group) is 1. The summed E-state index contributed by atoms with van der Waals surface area (Å²) < 4.78 is 47.2. The number of aryl methyl sites for hydroxylation is 1. The van der Waals surface area contributed by atoms with Gasteiger partial charge in [-0.1, -0.05) is 30.3 Å². The number of carbonyl (C=O) groups excluding carboxylic acids is 1. The number of aliphatic hydroxyl groups is 1. The number of nitrogens with zero attached hydrogens (tertiary/aromatic N) is 5. The van der Waals surface area contributed by atoms with Gasteiger partial charge in [0.25, 0.3) is 0 Å². The second kappa shape index (κ2) is 12.0. The van der Waals surface area contributed by atoms with Gasteiger partial charge in [-0.25, -0.2) is 0 Å². The number of rotatable bonds is 6. The molecule has 35 heavy (non-hydrogen) atoms. The first-order valence-corrected chi connectivity index (χ1v) is 11.8. The number of alkyl halides is 3. The van der Waals surface area contributed by atoms with Crippen molar-refractivity contribution in [3.63, 3.8) is 0 Å². The number of carbonyl (C=O) groups is 1. The maximum atomic E-state index is 13.1. The Kier molecular flexibility index (Phi) is 9.26. The molecule has 3 rings (SSSR count). The van der Waals surface area contributed by atoms with E-state index in [0.29, 0.717) is 50.3 Å². The van der Waals surface area contributed by atoms with Crippen LogP contribution < -0.4 is 0 Å².